The van der Waals surface area contributed by atoms with E-state index < -0.39 is 0 Å². The highest BCUT2D eigenvalue weighted by atomic mass is 16.5. The number of nitrogens with one attached hydrogen (secondary N) is 2. The second kappa shape index (κ2) is 4.60. The summed E-state index contributed by atoms with van der Waals surface area (Å²) in [7, 11) is 1.80. The molecular weight excluding hydrogens is 280 g/mol. The van der Waals surface area contributed by atoms with E-state index in [4.69, 9.17) is 9.47 Å². The second-order valence-corrected chi connectivity index (χ2v) is 8.47. The zero-order valence-corrected chi connectivity index (χ0v) is 13.2. The van der Waals surface area contributed by atoms with Crippen molar-refractivity contribution in [3.05, 3.63) is 0 Å². The van der Waals surface area contributed by atoms with E-state index in [1.54, 1.807) is 7.11 Å². The van der Waals surface area contributed by atoms with E-state index in [9.17, 15) is 4.79 Å². The van der Waals surface area contributed by atoms with Crippen molar-refractivity contribution in [3.8, 4) is 0 Å². The van der Waals surface area contributed by atoms with Gasteiger partial charge in [0.2, 0.25) is 0 Å². The van der Waals surface area contributed by atoms with Gasteiger partial charge in [-0.2, -0.15) is 0 Å². The molecule has 2 N–H and O–H groups in total. The highest BCUT2D eigenvalue weighted by molar-refractivity contribution is 5.75. The first-order valence-corrected chi connectivity index (χ1v) is 8.87. The van der Waals surface area contributed by atoms with Gasteiger partial charge in [-0.15, -0.1) is 0 Å². The van der Waals surface area contributed by atoms with Crippen molar-refractivity contribution >= 4 is 6.03 Å². The van der Waals surface area contributed by atoms with Crippen LogP contribution in [0.2, 0.25) is 0 Å². The van der Waals surface area contributed by atoms with Crippen LogP contribution in [0.4, 0.5) is 4.79 Å². The van der Waals surface area contributed by atoms with Crippen LogP contribution in [-0.4, -0.2) is 44.0 Å². The third-order valence-corrected chi connectivity index (χ3v) is 7.22. The van der Waals surface area contributed by atoms with Crippen LogP contribution >= 0.6 is 0 Å². The lowest BCUT2D eigenvalue weighted by Gasteiger charge is -2.57. The van der Waals surface area contributed by atoms with E-state index in [0.29, 0.717) is 29.4 Å². The largest absolute Gasteiger partial charge is 0.381 e. The molecule has 22 heavy (non-hydrogen) atoms. The number of fused-ring (bicyclic) bond motifs is 1. The van der Waals surface area contributed by atoms with Gasteiger partial charge in [-0.25, -0.2) is 4.79 Å². The topological polar surface area (TPSA) is 59.6 Å². The summed E-state index contributed by atoms with van der Waals surface area (Å²) in [5.74, 6) is 2.13. The molecule has 0 aromatic rings. The Labute approximate surface area is 131 Å². The molecule has 5 nitrogen and oxygen atoms in total. The molecule has 1 saturated heterocycles. The van der Waals surface area contributed by atoms with Crippen LogP contribution in [0, 0.1) is 23.2 Å². The molecule has 5 aliphatic rings. The maximum Gasteiger partial charge on any atom is 0.315 e. The fourth-order valence-corrected chi connectivity index (χ4v) is 6.16. The van der Waals surface area contributed by atoms with Crippen LogP contribution in [0.25, 0.3) is 0 Å². The van der Waals surface area contributed by atoms with Gasteiger partial charge in [0, 0.05) is 13.2 Å². The number of carbonyl (C=O) groups is 1. The molecule has 5 heteroatoms. The van der Waals surface area contributed by atoms with Gasteiger partial charge >= 0.3 is 6.03 Å². The fourth-order valence-electron chi connectivity index (χ4n) is 6.16. The molecule has 5 atom stereocenters. The summed E-state index contributed by atoms with van der Waals surface area (Å²) >= 11 is 0. The van der Waals surface area contributed by atoms with E-state index in [-0.39, 0.29) is 18.2 Å². The van der Waals surface area contributed by atoms with Crippen molar-refractivity contribution in [1.82, 2.24) is 10.6 Å². The molecule has 5 unspecified atom stereocenters. The summed E-state index contributed by atoms with van der Waals surface area (Å²) in [4.78, 5) is 12.3. The Bertz CT molecular complexity index is 480. The van der Waals surface area contributed by atoms with Gasteiger partial charge in [-0.05, 0) is 61.7 Å². The number of carbonyl (C=O) groups excluding carboxylic acids is 1. The maximum absolute atomic E-state index is 12.3. The summed E-state index contributed by atoms with van der Waals surface area (Å²) in [5.41, 5.74) is 0.479. The van der Waals surface area contributed by atoms with Gasteiger partial charge in [0.15, 0.2) is 0 Å². The number of amides is 2. The number of rotatable bonds is 3. The van der Waals surface area contributed by atoms with Crippen molar-refractivity contribution < 1.29 is 14.3 Å². The van der Waals surface area contributed by atoms with E-state index in [1.807, 2.05) is 0 Å². The molecule has 4 aliphatic carbocycles. The van der Waals surface area contributed by atoms with Crippen molar-refractivity contribution in [2.45, 2.75) is 62.8 Å². The molecule has 1 aliphatic heterocycles. The molecule has 1 spiro atoms. The van der Waals surface area contributed by atoms with Crippen molar-refractivity contribution in [2.75, 3.05) is 13.7 Å². The quantitative estimate of drug-likeness (QED) is 0.834. The van der Waals surface area contributed by atoms with Gasteiger partial charge in [-0.1, -0.05) is 0 Å². The number of hydrogen-bond acceptors (Lipinski definition) is 3. The lowest BCUT2D eigenvalue weighted by Crippen LogP contribution is -2.60. The summed E-state index contributed by atoms with van der Waals surface area (Å²) in [6.07, 6.45) is 7.84. The fraction of sp³-hybridized carbons (Fsp3) is 0.941. The SMILES string of the molecule is COC1CC2(CC(NC(=O)NC3C4CC5COC3C5C4)C2)C1. The Morgan fingerprint density at radius 1 is 1.14 bits per heavy atom. The molecule has 5 fully saturated rings. The first-order valence-electron chi connectivity index (χ1n) is 8.87. The predicted octanol–water partition coefficient (Wildman–Crippen LogP) is 1.67. The van der Waals surface area contributed by atoms with Crippen LogP contribution in [0.3, 0.4) is 0 Å². The van der Waals surface area contributed by atoms with Gasteiger partial charge in [0.25, 0.3) is 0 Å². The number of ether oxygens (including phenoxy) is 2. The van der Waals surface area contributed by atoms with Crippen LogP contribution < -0.4 is 10.6 Å². The lowest BCUT2D eigenvalue weighted by molar-refractivity contribution is -0.112. The first kappa shape index (κ1) is 13.6. The third kappa shape index (κ3) is 1.88. The van der Waals surface area contributed by atoms with Crippen LogP contribution in [0.5, 0.6) is 0 Å². The van der Waals surface area contributed by atoms with E-state index >= 15 is 0 Å². The van der Waals surface area contributed by atoms with Crippen molar-refractivity contribution in [1.29, 1.82) is 0 Å². The zero-order chi connectivity index (χ0) is 14.9. The summed E-state index contributed by atoms with van der Waals surface area (Å²) in [5, 5.41) is 6.39. The maximum atomic E-state index is 12.3. The summed E-state index contributed by atoms with van der Waals surface area (Å²) in [6.45, 7) is 0.914. The molecule has 5 rings (SSSR count). The molecule has 0 aromatic heterocycles. The van der Waals surface area contributed by atoms with Crippen LogP contribution in [-0.2, 0) is 9.47 Å². The monoisotopic (exact) mass is 306 g/mol. The van der Waals surface area contributed by atoms with Crippen LogP contribution in [0.15, 0.2) is 0 Å². The lowest BCUT2D eigenvalue weighted by atomic mass is 9.53. The van der Waals surface area contributed by atoms with E-state index in [1.165, 1.54) is 25.7 Å². The van der Waals surface area contributed by atoms with Crippen molar-refractivity contribution in [2.24, 2.45) is 23.2 Å². The Hall–Kier alpha value is -0.810. The Kier molecular flexibility index (Phi) is 2.85. The molecule has 1 heterocycles. The summed E-state index contributed by atoms with van der Waals surface area (Å²) < 4.78 is 11.3. The third-order valence-electron chi connectivity index (χ3n) is 7.22. The average molecular weight is 306 g/mol. The van der Waals surface area contributed by atoms with Gasteiger partial charge < -0.3 is 20.1 Å². The number of methoxy groups -OCH3 is 1. The second-order valence-electron chi connectivity index (χ2n) is 8.47. The Morgan fingerprint density at radius 3 is 2.73 bits per heavy atom. The number of urea groups is 1. The molecule has 2 amide bonds. The smallest absolute Gasteiger partial charge is 0.315 e. The molecule has 122 valence electrons. The predicted molar refractivity (Wildman–Crippen MR) is 80.4 cm³/mol. The minimum absolute atomic E-state index is 0.0204. The van der Waals surface area contributed by atoms with Crippen molar-refractivity contribution in [3.63, 3.8) is 0 Å². The first-order chi connectivity index (χ1) is 10.7. The number of hydrogen-bond donors (Lipinski definition) is 2. The van der Waals surface area contributed by atoms with Gasteiger partial charge in [0.1, 0.15) is 0 Å². The molecule has 0 aromatic carbocycles. The summed E-state index contributed by atoms with van der Waals surface area (Å²) in [6, 6.07) is 0.625. The minimum atomic E-state index is 0.0204. The molecular formula is C17H26N2O3. The minimum Gasteiger partial charge on any atom is -0.381 e. The average Bonchev–Trinajstić information content (AvgIpc) is 3.01. The van der Waals surface area contributed by atoms with E-state index in [0.717, 1.165) is 25.4 Å². The normalized spacial score (nSPS) is 54.1. The molecule has 4 saturated carbocycles. The zero-order valence-electron chi connectivity index (χ0n) is 13.2. The van der Waals surface area contributed by atoms with Crippen LogP contribution in [0.1, 0.15) is 38.5 Å². The van der Waals surface area contributed by atoms with E-state index in [2.05, 4.69) is 10.6 Å². The molecule has 2 bridgehead atoms. The standard InChI is InChI=1S/C17H26N2O3/c1-21-12-6-17(7-12)4-11(5-17)18-16(20)19-14-9-2-10-8-22-15(14)13(10)3-9/h9-15H,2-8H2,1H3,(H2,18,19,20). The highest BCUT2D eigenvalue weighted by Crippen LogP contribution is 2.57. The molecule has 0 radical (unpaired) electrons. The Balaban J connectivity index is 1.11. The van der Waals surface area contributed by atoms with Gasteiger partial charge in [-0.3, -0.25) is 0 Å². The Morgan fingerprint density at radius 2 is 1.95 bits per heavy atom. The van der Waals surface area contributed by atoms with Gasteiger partial charge in [0.05, 0.1) is 24.9 Å². The highest BCUT2D eigenvalue weighted by Gasteiger charge is 2.58.